The highest BCUT2D eigenvalue weighted by molar-refractivity contribution is 5.72. The first kappa shape index (κ1) is 21.2. The molecule has 0 unspecified atom stereocenters. The van der Waals surface area contributed by atoms with Crippen LogP contribution in [0.5, 0.6) is 17.2 Å². The second-order valence-corrected chi connectivity index (χ2v) is 7.32. The molecule has 0 aliphatic rings. The lowest BCUT2D eigenvalue weighted by Gasteiger charge is -2.15. The molecule has 0 fully saturated rings. The number of ether oxygens (including phenoxy) is 3. The molecule has 4 aromatic rings. The lowest BCUT2D eigenvalue weighted by molar-refractivity contribution is 0.324. The summed E-state index contributed by atoms with van der Waals surface area (Å²) in [5.74, 6) is 2.40. The molecule has 0 saturated carbocycles. The molecule has 2 aromatic heterocycles. The number of aromatic nitrogens is 4. The smallest absolute Gasteiger partial charge is 0.280 e. The first-order valence-corrected chi connectivity index (χ1v) is 10.0. The average molecular weight is 435 g/mol. The van der Waals surface area contributed by atoms with Crippen molar-refractivity contribution in [1.82, 2.24) is 19.1 Å². The number of nitrogen functional groups attached to an aromatic ring is 1. The first-order chi connectivity index (χ1) is 15.5. The van der Waals surface area contributed by atoms with Crippen molar-refractivity contribution < 1.29 is 14.2 Å². The summed E-state index contributed by atoms with van der Waals surface area (Å²) in [5.41, 5.74) is 8.33. The zero-order chi connectivity index (χ0) is 22.8. The predicted octanol–water partition coefficient (Wildman–Crippen LogP) is 2.38. The molecule has 2 aromatic carbocycles. The Hall–Kier alpha value is -4.01. The van der Waals surface area contributed by atoms with E-state index in [9.17, 15) is 4.79 Å². The van der Waals surface area contributed by atoms with Crippen LogP contribution < -0.4 is 25.5 Å². The predicted molar refractivity (Wildman–Crippen MR) is 122 cm³/mol. The van der Waals surface area contributed by atoms with Crippen LogP contribution in [0.25, 0.3) is 11.2 Å². The van der Waals surface area contributed by atoms with Gasteiger partial charge in [0.1, 0.15) is 5.82 Å². The van der Waals surface area contributed by atoms with Crippen LogP contribution in [0.4, 0.5) is 5.95 Å². The number of anilines is 1. The molecule has 0 bridgehead atoms. The highest BCUT2D eigenvalue weighted by Crippen LogP contribution is 2.38. The SMILES string of the molecule is COc1cc(Cc2nc3nc(N)n(C)c(=O)c3n2Cc2ccccc2)cc(OC)c1OC. The molecule has 0 radical (unpaired) electrons. The highest BCUT2D eigenvalue weighted by Gasteiger charge is 2.20. The van der Waals surface area contributed by atoms with Crippen LogP contribution in [-0.2, 0) is 20.0 Å². The van der Waals surface area contributed by atoms with Crippen LogP contribution in [0.2, 0.25) is 0 Å². The normalized spacial score (nSPS) is 11.0. The number of benzene rings is 2. The summed E-state index contributed by atoms with van der Waals surface area (Å²) in [6, 6.07) is 13.6. The molecule has 0 amide bonds. The lowest BCUT2D eigenvalue weighted by atomic mass is 10.1. The summed E-state index contributed by atoms with van der Waals surface area (Å²) in [4.78, 5) is 22.0. The number of hydrogen-bond donors (Lipinski definition) is 1. The highest BCUT2D eigenvalue weighted by atomic mass is 16.5. The van der Waals surface area contributed by atoms with Crippen molar-refractivity contribution in [3.05, 3.63) is 69.8 Å². The maximum absolute atomic E-state index is 13.0. The van der Waals surface area contributed by atoms with E-state index in [1.54, 1.807) is 28.4 Å². The van der Waals surface area contributed by atoms with E-state index in [-0.39, 0.29) is 11.5 Å². The first-order valence-electron chi connectivity index (χ1n) is 10.0. The maximum Gasteiger partial charge on any atom is 0.280 e. The molecule has 0 saturated heterocycles. The fraction of sp³-hybridized carbons (Fsp3) is 0.261. The van der Waals surface area contributed by atoms with Gasteiger partial charge in [-0.3, -0.25) is 9.36 Å². The minimum absolute atomic E-state index is 0.117. The van der Waals surface area contributed by atoms with E-state index in [0.29, 0.717) is 47.2 Å². The van der Waals surface area contributed by atoms with Crippen LogP contribution in [0, 0.1) is 0 Å². The van der Waals surface area contributed by atoms with Crippen LogP contribution in [-0.4, -0.2) is 40.4 Å². The topological polar surface area (TPSA) is 106 Å². The standard InChI is InChI=1S/C23H25N5O4/c1-27-22(29)19-21(26-23(27)24)25-18(28(19)13-14-8-6-5-7-9-14)12-15-10-16(30-2)20(32-4)17(11-15)31-3/h5-11H,12-13H2,1-4H3,(H2,24,26). The van der Waals surface area contributed by atoms with Gasteiger partial charge in [-0.15, -0.1) is 0 Å². The van der Waals surface area contributed by atoms with Gasteiger partial charge in [0.25, 0.3) is 5.56 Å². The second-order valence-electron chi connectivity index (χ2n) is 7.32. The number of imidazole rings is 1. The third-order valence-corrected chi connectivity index (χ3v) is 5.37. The van der Waals surface area contributed by atoms with Gasteiger partial charge in [-0.25, -0.2) is 4.98 Å². The Kier molecular flexibility index (Phi) is 5.72. The van der Waals surface area contributed by atoms with E-state index in [4.69, 9.17) is 19.9 Å². The molecule has 2 heterocycles. The van der Waals surface area contributed by atoms with Crippen molar-refractivity contribution in [2.24, 2.45) is 7.05 Å². The van der Waals surface area contributed by atoms with Crippen LogP contribution in [0.15, 0.2) is 47.3 Å². The van der Waals surface area contributed by atoms with Gasteiger partial charge in [0.05, 0.1) is 21.3 Å². The van der Waals surface area contributed by atoms with Gasteiger partial charge >= 0.3 is 0 Å². The van der Waals surface area contributed by atoms with Crippen LogP contribution in [0.3, 0.4) is 0 Å². The van der Waals surface area contributed by atoms with Gasteiger partial charge in [0.15, 0.2) is 22.7 Å². The number of fused-ring (bicyclic) bond motifs is 1. The summed E-state index contributed by atoms with van der Waals surface area (Å²) in [7, 11) is 6.30. The lowest BCUT2D eigenvalue weighted by Crippen LogP contribution is -2.23. The molecule has 9 heteroatoms. The van der Waals surface area contributed by atoms with Gasteiger partial charge in [0, 0.05) is 20.0 Å². The van der Waals surface area contributed by atoms with Gasteiger partial charge in [-0.1, -0.05) is 30.3 Å². The van der Waals surface area contributed by atoms with E-state index >= 15 is 0 Å². The third kappa shape index (κ3) is 3.73. The van der Waals surface area contributed by atoms with Crippen molar-refractivity contribution >= 4 is 17.1 Å². The van der Waals surface area contributed by atoms with Crippen LogP contribution in [0.1, 0.15) is 17.0 Å². The van der Waals surface area contributed by atoms with E-state index in [1.807, 2.05) is 47.0 Å². The second kappa shape index (κ2) is 8.62. The number of methoxy groups -OCH3 is 3. The van der Waals surface area contributed by atoms with Crippen molar-refractivity contribution in [1.29, 1.82) is 0 Å². The number of rotatable bonds is 7. The van der Waals surface area contributed by atoms with E-state index < -0.39 is 0 Å². The van der Waals surface area contributed by atoms with Gasteiger partial charge in [-0.2, -0.15) is 4.98 Å². The Labute approximate surface area is 185 Å². The van der Waals surface area contributed by atoms with Gasteiger partial charge in [0.2, 0.25) is 11.7 Å². The largest absolute Gasteiger partial charge is 0.493 e. The quantitative estimate of drug-likeness (QED) is 0.475. The van der Waals surface area contributed by atoms with Crippen molar-refractivity contribution in [3.8, 4) is 17.2 Å². The molecule has 0 aliphatic carbocycles. The maximum atomic E-state index is 13.0. The molecule has 4 rings (SSSR count). The van der Waals surface area contributed by atoms with E-state index in [0.717, 1.165) is 11.1 Å². The molecule has 0 atom stereocenters. The Morgan fingerprint density at radius 3 is 2.19 bits per heavy atom. The summed E-state index contributed by atoms with van der Waals surface area (Å²) >= 11 is 0. The number of nitrogens with two attached hydrogens (primary N) is 1. The molecular weight excluding hydrogens is 410 g/mol. The van der Waals surface area contributed by atoms with E-state index in [1.165, 1.54) is 4.57 Å². The van der Waals surface area contributed by atoms with Crippen molar-refractivity contribution in [2.45, 2.75) is 13.0 Å². The fourth-order valence-electron chi connectivity index (χ4n) is 3.71. The van der Waals surface area contributed by atoms with Crippen molar-refractivity contribution in [2.75, 3.05) is 27.1 Å². The Bertz CT molecular complexity index is 1300. The Morgan fingerprint density at radius 2 is 1.59 bits per heavy atom. The third-order valence-electron chi connectivity index (χ3n) is 5.37. The summed E-state index contributed by atoms with van der Waals surface area (Å²) in [6.07, 6.45) is 0.420. The summed E-state index contributed by atoms with van der Waals surface area (Å²) in [6.45, 7) is 0.470. The Morgan fingerprint density at radius 1 is 0.938 bits per heavy atom. The fourth-order valence-corrected chi connectivity index (χ4v) is 3.71. The number of hydrogen-bond acceptors (Lipinski definition) is 7. The van der Waals surface area contributed by atoms with Crippen molar-refractivity contribution in [3.63, 3.8) is 0 Å². The molecule has 0 spiro atoms. The summed E-state index contributed by atoms with van der Waals surface area (Å²) in [5, 5.41) is 0. The molecular formula is C23H25N5O4. The zero-order valence-corrected chi connectivity index (χ0v) is 18.5. The molecule has 32 heavy (non-hydrogen) atoms. The van der Waals surface area contributed by atoms with Gasteiger partial charge < -0.3 is 24.5 Å². The molecule has 0 aliphatic heterocycles. The molecule has 9 nitrogen and oxygen atoms in total. The summed E-state index contributed by atoms with van der Waals surface area (Å²) < 4.78 is 19.6. The Balaban J connectivity index is 1.88. The zero-order valence-electron chi connectivity index (χ0n) is 18.5. The minimum atomic E-state index is -0.243. The number of nitrogens with zero attached hydrogens (tertiary/aromatic N) is 4. The molecule has 2 N–H and O–H groups in total. The van der Waals surface area contributed by atoms with Crippen LogP contribution >= 0.6 is 0 Å². The van der Waals surface area contributed by atoms with E-state index in [2.05, 4.69) is 9.97 Å². The monoisotopic (exact) mass is 435 g/mol. The van der Waals surface area contributed by atoms with Gasteiger partial charge in [-0.05, 0) is 23.3 Å². The average Bonchev–Trinajstić information content (AvgIpc) is 3.13. The minimum Gasteiger partial charge on any atom is -0.493 e. The molecule has 166 valence electrons.